The minimum atomic E-state index is -4.29. The molecule has 2 rings (SSSR count). The Labute approximate surface area is 208 Å². The summed E-state index contributed by atoms with van der Waals surface area (Å²) in [5, 5.41) is 6.00. The number of aryl methyl sites for hydroxylation is 1. The lowest BCUT2D eigenvalue weighted by Crippen LogP contribution is -2.36. The van der Waals surface area contributed by atoms with Crippen LogP contribution >= 0.6 is 42.5 Å². The number of ether oxygens (including phenoxy) is 2. The molecule has 2 heterocycles. The van der Waals surface area contributed by atoms with Crippen molar-refractivity contribution in [1.82, 2.24) is 14.6 Å². The summed E-state index contributed by atoms with van der Waals surface area (Å²) in [6.07, 6.45) is -0.554. The molecule has 1 aliphatic heterocycles. The smallest absolute Gasteiger partial charge is 0.406 e. The molecule has 5 atom stereocenters. The van der Waals surface area contributed by atoms with Gasteiger partial charge >= 0.3 is 19.4 Å². The lowest BCUT2D eigenvalue weighted by molar-refractivity contribution is -0.142. The zero-order valence-corrected chi connectivity index (χ0v) is 21.3. The van der Waals surface area contributed by atoms with E-state index in [0.29, 0.717) is 0 Å². The van der Waals surface area contributed by atoms with Crippen LogP contribution < -0.4 is 16.3 Å². The molecule has 1 saturated heterocycles. The third-order valence-electron chi connectivity index (χ3n) is 4.57. The Balaban J connectivity index is 2.22. The first-order chi connectivity index (χ1) is 15.8. The zero-order valence-electron chi connectivity index (χ0n) is 18.1. The molecule has 18 heteroatoms. The highest BCUT2D eigenvalue weighted by atomic mass is 35.6. The minimum Gasteiger partial charge on any atom is -0.468 e. The van der Waals surface area contributed by atoms with Gasteiger partial charge in [-0.3, -0.25) is 28.2 Å². The third kappa shape index (κ3) is 7.98. The fourth-order valence-corrected chi connectivity index (χ4v) is 4.83. The fourth-order valence-electron chi connectivity index (χ4n) is 2.93. The van der Waals surface area contributed by atoms with E-state index in [1.165, 1.54) is 20.0 Å². The highest BCUT2D eigenvalue weighted by molar-refractivity contribution is 7.51. The lowest BCUT2D eigenvalue weighted by atomic mass is 10.1. The van der Waals surface area contributed by atoms with Crippen molar-refractivity contribution in [3.8, 4) is 0 Å². The molecule has 1 unspecified atom stereocenters. The summed E-state index contributed by atoms with van der Waals surface area (Å²) in [5.41, 5.74) is 7.88. The number of esters is 1. The molecular weight excluding hydrogens is 542 g/mol. The van der Waals surface area contributed by atoms with E-state index >= 15 is 0 Å². The van der Waals surface area contributed by atoms with Gasteiger partial charge in [0.1, 0.15) is 18.9 Å². The molecule has 1 fully saturated rings. The van der Waals surface area contributed by atoms with E-state index < -0.39 is 66.4 Å². The summed E-state index contributed by atoms with van der Waals surface area (Å²) in [5.74, 6) is -0.765. The SMILES string of the molecule is COC(=O)[C@H](C)NP(=O)(OC[C@H]1O[C@@H](n2cc(C)c(=O)[nH]c2=O)C[C@@H]1N=[N+]=[N-])OCC(Cl)(Cl)Cl. The molecule has 0 aliphatic carbocycles. The quantitative estimate of drug-likeness (QED) is 0.108. The normalized spacial score (nSPS) is 23.1. The molecule has 0 aromatic carbocycles. The maximum absolute atomic E-state index is 13.2. The van der Waals surface area contributed by atoms with Gasteiger partial charge in [0.2, 0.25) is 3.79 Å². The number of aromatic amines is 1. The number of carbonyl (C=O) groups is 1. The summed E-state index contributed by atoms with van der Waals surface area (Å²) in [6.45, 7) is 1.73. The van der Waals surface area contributed by atoms with Crippen LogP contribution in [-0.4, -0.2) is 57.8 Å². The van der Waals surface area contributed by atoms with E-state index in [1.807, 2.05) is 0 Å². The van der Waals surface area contributed by atoms with Crippen LogP contribution in [0.1, 0.15) is 25.1 Å². The monoisotopic (exact) mass is 562 g/mol. The Morgan fingerprint density at radius 1 is 1.47 bits per heavy atom. The summed E-state index contributed by atoms with van der Waals surface area (Å²) >= 11 is 17.0. The fraction of sp³-hybridized carbons (Fsp3) is 0.688. The van der Waals surface area contributed by atoms with Crippen molar-refractivity contribution < 1.29 is 27.9 Å². The molecule has 1 aromatic rings. The molecule has 190 valence electrons. The minimum absolute atomic E-state index is 0.0504. The predicted molar refractivity (Wildman–Crippen MR) is 122 cm³/mol. The summed E-state index contributed by atoms with van der Waals surface area (Å²) in [6, 6.07) is -1.96. The van der Waals surface area contributed by atoms with Crippen molar-refractivity contribution in [2.75, 3.05) is 20.3 Å². The molecule has 0 amide bonds. The van der Waals surface area contributed by atoms with Gasteiger partial charge in [-0.25, -0.2) is 14.4 Å². The van der Waals surface area contributed by atoms with E-state index in [9.17, 15) is 18.9 Å². The molecule has 0 saturated carbocycles. The molecule has 0 bridgehead atoms. The van der Waals surface area contributed by atoms with Crippen LogP contribution in [0.15, 0.2) is 20.9 Å². The van der Waals surface area contributed by atoms with E-state index in [0.717, 1.165) is 11.7 Å². The number of hydrogen-bond acceptors (Lipinski definition) is 9. The maximum Gasteiger partial charge on any atom is 0.406 e. The number of azide groups is 1. The van der Waals surface area contributed by atoms with Gasteiger partial charge in [0, 0.05) is 23.1 Å². The van der Waals surface area contributed by atoms with Crippen LogP contribution in [0, 0.1) is 6.92 Å². The second-order valence-corrected chi connectivity index (χ2v) is 11.5. The molecule has 34 heavy (non-hydrogen) atoms. The number of nitrogens with zero attached hydrogens (tertiary/aromatic N) is 4. The number of H-pyrrole nitrogens is 1. The molecular formula is C16H22Cl3N6O8P. The first-order valence-electron chi connectivity index (χ1n) is 9.61. The van der Waals surface area contributed by atoms with Crippen LogP contribution in [0.3, 0.4) is 0 Å². The predicted octanol–water partition coefficient (Wildman–Crippen LogP) is 2.47. The maximum atomic E-state index is 13.2. The summed E-state index contributed by atoms with van der Waals surface area (Å²) in [4.78, 5) is 40.5. The highest BCUT2D eigenvalue weighted by Gasteiger charge is 2.40. The largest absolute Gasteiger partial charge is 0.468 e. The standard InChI is InChI=1S/C16H22Cl3N6O8P/c1-8-5-25(15(28)21-13(8)26)12-4-10(22-24-20)11(33-12)6-31-34(29,32-7-16(17,18)19)23-9(2)14(27)30-3/h5,9-12H,4,6-7H2,1-3H3,(H,23,29)(H,21,26,28)/t9-,10-,11+,12+,34?/m0/s1. The van der Waals surface area contributed by atoms with E-state index in [2.05, 4.69) is 24.8 Å². The average Bonchev–Trinajstić information content (AvgIpc) is 3.15. The third-order valence-corrected chi connectivity index (χ3v) is 6.56. The Morgan fingerprint density at radius 2 is 2.15 bits per heavy atom. The Hall–Kier alpha value is -1.60. The van der Waals surface area contributed by atoms with Crippen molar-refractivity contribution in [3.63, 3.8) is 0 Å². The van der Waals surface area contributed by atoms with Gasteiger partial charge in [-0.1, -0.05) is 39.9 Å². The van der Waals surface area contributed by atoms with Gasteiger partial charge in [0.15, 0.2) is 0 Å². The van der Waals surface area contributed by atoms with Crippen LogP contribution in [0.25, 0.3) is 10.4 Å². The van der Waals surface area contributed by atoms with Gasteiger partial charge < -0.3 is 9.47 Å². The Kier molecular flexibility index (Phi) is 10.0. The van der Waals surface area contributed by atoms with Gasteiger partial charge in [0.05, 0.1) is 25.9 Å². The first-order valence-corrected chi connectivity index (χ1v) is 12.3. The van der Waals surface area contributed by atoms with E-state index in [4.69, 9.17) is 54.1 Å². The number of halogens is 3. The number of alkyl halides is 3. The number of aromatic nitrogens is 2. The topological polar surface area (TPSA) is 187 Å². The van der Waals surface area contributed by atoms with Gasteiger partial charge in [0.25, 0.3) is 5.56 Å². The number of methoxy groups -OCH3 is 1. The number of rotatable bonds is 10. The second kappa shape index (κ2) is 11.9. The molecule has 1 aromatic heterocycles. The first kappa shape index (κ1) is 28.6. The number of nitrogens with one attached hydrogen (secondary N) is 2. The Morgan fingerprint density at radius 3 is 2.74 bits per heavy atom. The average molecular weight is 564 g/mol. The molecule has 0 spiro atoms. The summed E-state index contributed by atoms with van der Waals surface area (Å²) < 4.78 is 33.3. The van der Waals surface area contributed by atoms with Crippen molar-refractivity contribution in [3.05, 3.63) is 43.0 Å². The van der Waals surface area contributed by atoms with Crippen LogP contribution in [0.5, 0.6) is 0 Å². The van der Waals surface area contributed by atoms with Crippen LogP contribution in [0.4, 0.5) is 0 Å². The van der Waals surface area contributed by atoms with Crippen molar-refractivity contribution >= 4 is 48.5 Å². The molecule has 0 radical (unpaired) electrons. The van der Waals surface area contributed by atoms with Crippen molar-refractivity contribution in [2.45, 2.75) is 48.5 Å². The highest BCUT2D eigenvalue weighted by Crippen LogP contribution is 2.47. The molecule has 14 nitrogen and oxygen atoms in total. The van der Waals surface area contributed by atoms with Crippen molar-refractivity contribution in [1.29, 1.82) is 0 Å². The Bertz CT molecular complexity index is 1100. The zero-order chi connectivity index (χ0) is 25.7. The number of hydrogen-bond donors (Lipinski definition) is 2. The summed E-state index contributed by atoms with van der Waals surface area (Å²) in [7, 11) is -3.16. The van der Waals surface area contributed by atoms with E-state index in [1.54, 1.807) is 0 Å². The van der Waals surface area contributed by atoms with Gasteiger partial charge in [-0.15, -0.1) is 0 Å². The lowest BCUT2D eigenvalue weighted by Gasteiger charge is -2.25. The molecule has 1 aliphatic rings. The number of carbonyl (C=O) groups excluding carboxylic acids is 1. The second-order valence-electron chi connectivity index (χ2n) is 7.17. The van der Waals surface area contributed by atoms with Gasteiger partial charge in [-0.05, 0) is 19.4 Å². The van der Waals surface area contributed by atoms with Crippen molar-refractivity contribution in [2.24, 2.45) is 5.11 Å². The van der Waals surface area contributed by atoms with Crippen LogP contribution in [-0.2, 0) is 27.9 Å². The van der Waals surface area contributed by atoms with Gasteiger partial charge in [-0.2, -0.15) is 0 Å². The molecule has 2 N–H and O–H groups in total. The van der Waals surface area contributed by atoms with Crippen LogP contribution in [0.2, 0.25) is 0 Å². The van der Waals surface area contributed by atoms with E-state index in [-0.39, 0.29) is 12.0 Å².